The van der Waals surface area contributed by atoms with Crippen LogP contribution < -0.4 is 5.32 Å². The molecule has 3 saturated heterocycles. The number of carbonyl (C=O) groups excluding carboxylic acids is 1. The highest BCUT2D eigenvalue weighted by Gasteiger charge is 2.58. The number of ether oxygens (including phenoxy) is 15. The molecule has 10 aromatic carbocycles. The SMILES string of the molecule is O=C(NC1O[C@H](COCc2ccccc2)[C@@H](O[C@H]2O[C@H](COCc3ccccc3)[C@@H](O[C@H]3O[C@H](COCc4ccccc4)[C@@H](OCc4ccccc4)[C@H](OCc4ccccc4)[C@H]3OCc3ccccc3)[C@H](OCc3ccccc3)[C@H]2OCc2ccccc2)[C@H](OCc2ccccc2)[C@H]1OCc1ccccc1)C(Cl)(Cl)Cl. The zero-order valence-electron chi connectivity index (χ0n) is 60.9. The van der Waals surface area contributed by atoms with Gasteiger partial charge < -0.3 is 76.4 Å². The van der Waals surface area contributed by atoms with Gasteiger partial charge >= 0.3 is 0 Å². The number of hydrogen-bond acceptors (Lipinski definition) is 16. The van der Waals surface area contributed by atoms with Crippen molar-refractivity contribution >= 4 is 40.7 Å². The summed E-state index contributed by atoms with van der Waals surface area (Å²) in [5, 5.41) is 2.86. The maximum atomic E-state index is 14.2. The van der Waals surface area contributed by atoms with E-state index in [9.17, 15) is 4.79 Å². The van der Waals surface area contributed by atoms with Gasteiger partial charge in [-0.1, -0.05) is 338 Å². The molecule has 1 unspecified atom stereocenters. The zero-order chi connectivity index (χ0) is 75.4. The average molecular weight is 1550 g/mol. The molecule has 17 nitrogen and oxygen atoms in total. The van der Waals surface area contributed by atoms with Gasteiger partial charge in [-0.2, -0.15) is 0 Å². The molecular formula is C90H92Cl3NO16. The van der Waals surface area contributed by atoms with Crippen LogP contribution in [-0.4, -0.2) is 122 Å². The van der Waals surface area contributed by atoms with E-state index in [0.29, 0.717) is 0 Å². The summed E-state index contributed by atoms with van der Waals surface area (Å²) in [6.45, 7) is 1.06. The molecule has 13 rings (SSSR count). The first-order valence-electron chi connectivity index (χ1n) is 37.2. The van der Waals surface area contributed by atoms with E-state index in [0.717, 1.165) is 55.6 Å². The van der Waals surface area contributed by atoms with Crippen molar-refractivity contribution < 1.29 is 75.8 Å². The standard InChI is InChI=1S/C90H92Cl3NO16/c91-90(92,93)89(95)94-86-83(103-58-71-45-25-8-26-46-71)81(101-56-69-41-21-6-22-42-69)78(75(106-86)62-97-52-65-33-13-2-14-34-65)109-88-85(105-60-73-49-29-10-30-50-73)82(102-57-70-43-23-7-24-44-70)79(76(108-88)63-98-53-66-35-15-3-16-36-66)110-87-84(104-59-72-47-27-9-28-48-72)80(100-55-68-39-19-5-20-40-68)77(99-54-67-37-17-4-18-38-67)74(107-87)61-96-51-64-31-11-1-12-32-64/h1-50,74-88H,51-63H2,(H,94,95)/t74-,75-,76-,77-,78-,79-,80+,81+,82+,83-,84-,85-,86?,87-,88-/m1/s1. The summed E-state index contributed by atoms with van der Waals surface area (Å²) in [6.07, 6.45) is -16.9. The molecule has 20 heteroatoms. The highest BCUT2D eigenvalue weighted by Crippen LogP contribution is 2.40. The maximum Gasteiger partial charge on any atom is 0.274 e. The highest BCUT2D eigenvalue weighted by molar-refractivity contribution is 6.76. The molecule has 0 aromatic heterocycles. The van der Waals surface area contributed by atoms with E-state index in [1.54, 1.807) is 0 Å². The van der Waals surface area contributed by atoms with E-state index in [-0.39, 0.29) is 85.9 Å². The lowest BCUT2D eigenvalue weighted by atomic mass is 9.94. The predicted octanol–water partition coefficient (Wildman–Crippen LogP) is 16.2. The molecule has 3 aliphatic heterocycles. The molecule has 3 fully saturated rings. The van der Waals surface area contributed by atoms with Gasteiger partial charge in [0.15, 0.2) is 18.8 Å². The molecule has 574 valence electrons. The van der Waals surface area contributed by atoms with Gasteiger partial charge in [-0.15, -0.1) is 0 Å². The topological polar surface area (TPSA) is 168 Å². The molecular weight excluding hydrogens is 1460 g/mol. The van der Waals surface area contributed by atoms with E-state index in [1.165, 1.54) is 0 Å². The van der Waals surface area contributed by atoms with Crippen molar-refractivity contribution in [3.8, 4) is 0 Å². The van der Waals surface area contributed by atoms with Crippen molar-refractivity contribution in [1.29, 1.82) is 0 Å². The van der Waals surface area contributed by atoms with Crippen LogP contribution in [0.4, 0.5) is 0 Å². The van der Waals surface area contributed by atoms with E-state index >= 15 is 0 Å². The summed E-state index contributed by atoms with van der Waals surface area (Å²) < 4.78 is 107. The first-order valence-corrected chi connectivity index (χ1v) is 38.3. The fraction of sp³-hybridized carbons (Fsp3) is 0.322. The van der Waals surface area contributed by atoms with Crippen LogP contribution in [0, 0.1) is 0 Å². The van der Waals surface area contributed by atoms with Crippen LogP contribution in [0.25, 0.3) is 0 Å². The summed E-state index contributed by atoms with van der Waals surface area (Å²) in [4.78, 5) is 14.2. The van der Waals surface area contributed by atoms with Crippen LogP contribution in [-0.2, 0) is 142 Å². The molecule has 3 aliphatic rings. The van der Waals surface area contributed by atoms with Crippen molar-refractivity contribution in [2.24, 2.45) is 0 Å². The number of benzene rings is 10. The monoisotopic (exact) mass is 1550 g/mol. The Morgan fingerprint density at radius 2 is 0.473 bits per heavy atom. The molecule has 1 amide bonds. The Kier molecular flexibility index (Phi) is 30.5. The van der Waals surface area contributed by atoms with Crippen molar-refractivity contribution in [3.63, 3.8) is 0 Å². The van der Waals surface area contributed by atoms with Crippen molar-refractivity contribution in [3.05, 3.63) is 359 Å². The zero-order valence-corrected chi connectivity index (χ0v) is 63.2. The van der Waals surface area contributed by atoms with Gasteiger partial charge in [0, 0.05) is 0 Å². The van der Waals surface area contributed by atoms with Crippen molar-refractivity contribution in [2.75, 3.05) is 19.8 Å². The molecule has 0 bridgehead atoms. The molecule has 1 N–H and O–H groups in total. The number of amides is 1. The summed E-state index contributed by atoms with van der Waals surface area (Å²) in [5.74, 6) is -0.969. The third-order valence-electron chi connectivity index (χ3n) is 19.1. The third-order valence-corrected chi connectivity index (χ3v) is 19.6. The fourth-order valence-electron chi connectivity index (χ4n) is 13.5. The second-order valence-electron chi connectivity index (χ2n) is 27.2. The lowest BCUT2D eigenvalue weighted by molar-refractivity contribution is -0.390. The van der Waals surface area contributed by atoms with E-state index in [1.807, 2.05) is 303 Å². The number of halogens is 3. The number of nitrogens with one attached hydrogen (secondary N) is 1. The Balaban J connectivity index is 0.950. The minimum atomic E-state index is -2.42. The lowest BCUT2D eigenvalue weighted by Gasteiger charge is -2.52. The van der Waals surface area contributed by atoms with Crippen LogP contribution in [0.2, 0.25) is 0 Å². The van der Waals surface area contributed by atoms with Gasteiger partial charge in [0.05, 0.1) is 85.9 Å². The van der Waals surface area contributed by atoms with Crippen LogP contribution >= 0.6 is 34.8 Å². The van der Waals surface area contributed by atoms with E-state index in [2.05, 4.69) is 5.32 Å². The van der Waals surface area contributed by atoms with Crippen LogP contribution in [0.1, 0.15) is 55.6 Å². The molecule has 0 spiro atoms. The summed E-state index contributed by atoms with van der Waals surface area (Å²) in [5.41, 5.74) is 8.84. The van der Waals surface area contributed by atoms with Gasteiger partial charge in [-0.3, -0.25) is 4.79 Å². The Morgan fingerprint density at radius 1 is 0.264 bits per heavy atom. The molecule has 0 radical (unpaired) electrons. The van der Waals surface area contributed by atoms with E-state index in [4.69, 9.17) is 106 Å². The second kappa shape index (κ2) is 42.0. The summed E-state index contributed by atoms with van der Waals surface area (Å²) in [7, 11) is 0. The third kappa shape index (κ3) is 23.8. The fourth-order valence-corrected chi connectivity index (χ4v) is 13.7. The van der Waals surface area contributed by atoms with Crippen LogP contribution in [0.5, 0.6) is 0 Å². The van der Waals surface area contributed by atoms with Crippen molar-refractivity contribution in [2.45, 2.75) is 162 Å². The smallest absolute Gasteiger partial charge is 0.274 e. The quantitative estimate of drug-likeness (QED) is 0.0363. The van der Waals surface area contributed by atoms with Crippen LogP contribution in [0.3, 0.4) is 0 Å². The molecule has 15 atom stereocenters. The molecule has 10 aromatic rings. The average Bonchev–Trinajstić information content (AvgIpc) is 0.732. The van der Waals surface area contributed by atoms with Crippen LogP contribution in [0.15, 0.2) is 303 Å². The minimum absolute atomic E-state index is 0.0252. The van der Waals surface area contributed by atoms with Gasteiger partial charge in [0.25, 0.3) is 9.70 Å². The van der Waals surface area contributed by atoms with Gasteiger partial charge in [-0.05, 0) is 55.6 Å². The van der Waals surface area contributed by atoms with Crippen molar-refractivity contribution in [1.82, 2.24) is 5.32 Å². The predicted molar refractivity (Wildman–Crippen MR) is 418 cm³/mol. The lowest BCUT2D eigenvalue weighted by Crippen LogP contribution is -2.69. The number of alkyl halides is 3. The first-order chi connectivity index (χ1) is 54.1. The number of carbonyl (C=O) groups is 1. The summed E-state index contributed by atoms with van der Waals surface area (Å²) >= 11 is 19.2. The summed E-state index contributed by atoms with van der Waals surface area (Å²) in [6, 6.07) is 98.4. The second-order valence-corrected chi connectivity index (χ2v) is 29.5. The molecule has 0 aliphatic carbocycles. The van der Waals surface area contributed by atoms with Gasteiger partial charge in [0.2, 0.25) is 0 Å². The Bertz CT molecular complexity index is 4220. The largest absolute Gasteiger partial charge is 0.374 e. The van der Waals surface area contributed by atoms with Gasteiger partial charge in [0.1, 0.15) is 73.2 Å². The van der Waals surface area contributed by atoms with E-state index < -0.39 is 102 Å². The molecule has 3 heterocycles. The Morgan fingerprint density at radius 3 is 0.745 bits per heavy atom. The molecule has 0 saturated carbocycles. The minimum Gasteiger partial charge on any atom is -0.374 e. The Hall–Kier alpha value is -8.06. The normalized spacial score (nSPS) is 24.2. The number of rotatable bonds is 38. The first kappa shape index (κ1) is 80.0. The molecule has 110 heavy (non-hydrogen) atoms. The Labute approximate surface area is 658 Å². The number of hydrogen-bond donors (Lipinski definition) is 1. The maximum absolute atomic E-state index is 14.2. The van der Waals surface area contributed by atoms with Gasteiger partial charge in [-0.25, -0.2) is 0 Å². The highest BCUT2D eigenvalue weighted by atomic mass is 35.6.